The van der Waals surface area contributed by atoms with Crippen LogP contribution in [0.5, 0.6) is 11.5 Å². The Morgan fingerprint density at radius 2 is 1.63 bits per heavy atom. The molecule has 154 valence electrons. The number of phenols is 2. The van der Waals surface area contributed by atoms with Gasteiger partial charge in [-0.3, -0.25) is 9.52 Å². The molecule has 0 radical (unpaired) electrons. The predicted molar refractivity (Wildman–Crippen MR) is 113 cm³/mol. The molecule has 0 atom stereocenters. The largest absolute Gasteiger partial charge is 0.508 e. The van der Waals surface area contributed by atoms with Gasteiger partial charge in [0, 0.05) is 22.9 Å². The first-order chi connectivity index (χ1) is 14.2. The molecule has 0 heterocycles. The van der Waals surface area contributed by atoms with Crippen molar-refractivity contribution in [2.24, 2.45) is 5.10 Å². The van der Waals surface area contributed by atoms with Crippen molar-refractivity contribution >= 4 is 27.8 Å². The van der Waals surface area contributed by atoms with E-state index in [-0.39, 0.29) is 22.0 Å². The summed E-state index contributed by atoms with van der Waals surface area (Å²) in [6, 6.07) is 16.3. The molecule has 4 N–H and O–H groups in total. The van der Waals surface area contributed by atoms with Crippen LogP contribution in [0.4, 0.5) is 5.69 Å². The molecule has 0 aliphatic heterocycles. The zero-order valence-electron chi connectivity index (χ0n) is 15.9. The van der Waals surface area contributed by atoms with E-state index in [9.17, 15) is 23.4 Å². The maximum atomic E-state index is 12.4. The number of aromatic hydroxyl groups is 2. The molecule has 8 nitrogen and oxygen atoms in total. The average molecular weight is 425 g/mol. The number of hydrogen-bond acceptors (Lipinski definition) is 6. The third-order valence-electron chi connectivity index (χ3n) is 4.11. The molecule has 0 bridgehead atoms. The van der Waals surface area contributed by atoms with Crippen molar-refractivity contribution in [1.82, 2.24) is 5.43 Å². The fourth-order valence-electron chi connectivity index (χ4n) is 2.49. The third kappa shape index (κ3) is 5.15. The summed E-state index contributed by atoms with van der Waals surface area (Å²) in [7, 11) is -3.73. The number of hydrogen-bond donors (Lipinski definition) is 4. The standard InChI is InChI=1S/C21H19N3O5S/c1-14-2-10-19(11-3-14)30(28,29)24-17-7-4-15(5-8-17)21(27)23-22-13-16-6-9-18(25)12-20(16)26/h2-13,24-26H,1H3,(H,23,27). The Labute approximate surface area is 173 Å². The highest BCUT2D eigenvalue weighted by Gasteiger charge is 2.14. The molecule has 1 amide bonds. The Balaban J connectivity index is 1.64. The Hall–Kier alpha value is -3.85. The molecule has 3 rings (SSSR count). The zero-order chi connectivity index (χ0) is 21.7. The van der Waals surface area contributed by atoms with Crippen molar-refractivity contribution in [3.8, 4) is 11.5 Å². The number of nitrogens with one attached hydrogen (secondary N) is 2. The van der Waals surface area contributed by atoms with Crippen molar-refractivity contribution in [2.75, 3.05) is 4.72 Å². The first kappa shape index (κ1) is 20.9. The van der Waals surface area contributed by atoms with Crippen molar-refractivity contribution < 1.29 is 23.4 Å². The van der Waals surface area contributed by atoms with E-state index in [2.05, 4.69) is 15.2 Å². The number of benzene rings is 3. The van der Waals surface area contributed by atoms with Gasteiger partial charge in [0.25, 0.3) is 15.9 Å². The lowest BCUT2D eigenvalue weighted by Crippen LogP contribution is -2.18. The summed E-state index contributed by atoms with van der Waals surface area (Å²) in [5.74, 6) is -0.789. The van der Waals surface area contributed by atoms with E-state index in [1.807, 2.05) is 6.92 Å². The van der Waals surface area contributed by atoms with Crippen molar-refractivity contribution in [1.29, 1.82) is 0 Å². The number of phenolic OH excluding ortho intramolecular Hbond substituents is 2. The quantitative estimate of drug-likeness (QED) is 0.357. The fourth-order valence-corrected chi connectivity index (χ4v) is 3.55. The Kier molecular flexibility index (Phi) is 6.03. The molecule has 9 heteroatoms. The van der Waals surface area contributed by atoms with Crippen molar-refractivity contribution in [3.63, 3.8) is 0 Å². The normalized spacial score (nSPS) is 11.4. The van der Waals surface area contributed by atoms with Crippen LogP contribution in [0.1, 0.15) is 21.5 Å². The van der Waals surface area contributed by atoms with Crippen molar-refractivity contribution in [2.45, 2.75) is 11.8 Å². The first-order valence-electron chi connectivity index (χ1n) is 8.79. The molecule has 0 saturated heterocycles. The number of anilines is 1. The molecule has 0 spiro atoms. The summed E-state index contributed by atoms with van der Waals surface area (Å²) in [6.45, 7) is 1.87. The maximum Gasteiger partial charge on any atom is 0.271 e. The molecule has 0 fully saturated rings. The molecule has 0 aliphatic rings. The molecule has 0 aromatic heterocycles. The highest BCUT2D eigenvalue weighted by Crippen LogP contribution is 2.21. The number of carbonyl (C=O) groups is 1. The van der Waals surface area contributed by atoms with Crippen LogP contribution < -0.4 is 10.1 Å². The van der Waals surface area contributed by atoms with Gasteiger partial charge in [0.1, 0.15) is 11.5 Å². The van der Waals surface area contributed by atoms with Gasteiger partial charge < -0.3 is 10.2 Å². The summed E-state index contributed by atoms with van der Waals surface area (Å²) >= 11 is 0. The van der Waals surface area contributed by atoms with Gasteiger partial charge in [0.15, 0.2) is 0 Å². The number of amides is 1. The summed E-state index contributed by atoms with van der Waals surface area (Å²) in [4.78, 5) is 12.3. The molecular weight excluding hydrogens is 406 g/mol. The monoisotopic (exact) mass is 425 g/mol. The van der Waals surface area contributed by atoms with Gasteiger partial charge in [0.2, 0.25) is 0 Å². The van der Waals surface area contributed by atoms with Crippen molar-refractivity contribution in [3.05, 3.63) is 83.4 Å². The number of rotatable bonds is 6. The summed E-state index contributed by atoms with van der Waals surface area (Å²) in [6.07, 6.45) is 1.23. The summed E-state index contributed by atoms with van der Waals surface area (Å²) < 4.78 is 27.3. The van der Waals surface area contributed by atoms with E-state index < -0.39 is 15.9 Å². The number of hydrazone groups is 1. The molecule has 3 aromatic rings. The zero-order valence-corrected chi connectivity index (χ0v) is 16.7. The smallest absolute Gasteiger partial charge is 0.271 e. The minimum Gasteiger partial charge on any atom is -0.508 e. The van der Waals surface area contributed by atoms with Crippen LogP contribution in [0.15, 0.2) is 76.7 Å². The lowest BCUT2D eigenvalue weighted by molar-refractivity contribution is 0.0955. The summed E-state index contributed by atoms with van der Waals surface area (Å²) in [5.41, 5.74) is 4.15. The molecule has 0 unspecified atom stereocenters. The van der Waals surface area contributed by atoms with E-state index in [4.69, 9.17) is 0 Å². The van der Waals surface area contributed by atoms with Gasteiger partial charge in [-0.05, 0) is 55.5 Å². The Bertz CT molecular complexity index is 1190. The van der Waals surface area contributed by atoms with Gasteiger partial charge in [0.05, 0.1) is 11.1 Å². The maximum absolute atomic E-state index is 12.4. The minimum atomic E-state index is -3.73. The fraction of sp³-hybridized carbons (Fsp3) is 0.0476. The highest BCUT2D eigenvalue weighted by molar-refractivity contribution is 7.92. The number of nitrogens with zero attached hydrogens (tertiary/aromatic N) is 1. The topological polar surface area (TPSA) is 128 Å². The second-order valence-corrected chi connectivity index (χ2v) is 8.12. The highest BCUT2D eigenvalue weighted by atomic mass is 32.2. The van der Waals surface area contributed by atoms with Gasteiger partial charge in [-0.1, -0.05) is 17.7 Å². The van der Waals surface area contributed by atoms with Crippen LogP contribution in [-0.2, 0) is 10.0 Å². The molecule has 3 aromatic carbocycles. The number of carbonyl (C=O) groups excluding carboxylic acids is 1. The number of sulfonamides is 1. The second kappa shape index (κ2) is 8.66. The average Bonchev–Trinajstić information content (AvgIpc) is 2.70. The molecule has 0 aliphatic carbocycles. The molecule has 0 saturated carbocycles. The molecule has 30 heavy (non-hydrogen) atoms. The van der Waals surface area contributed by atoms with E-state index >= 15 is 0 Å². The first-order valence-corrected chi connectivity index (χ1v) is 10.3. The van der Waals surface area contributed by atoms with Crippen LogP contribution in [0.2, 0.25) is 0 Å². The Morgan fingerprint density at radius 3 is 2.27 bits per heavy atom. The van der Waals surface area contributed by atoms with Crippen LogP contribution in [0.3, 0.4) is 0 Å². The Morgan fingerprint density at radius 1 is 0.967 bits per heavy atom. The van der Waals surface area contributed by atoms with Crippen LogP contribution >= 0.6 is 0 Å². The lowest BCUT2D eigenvalue weighted by Gasteiger charge is -2.09. The van der Waals surface area contributed by atoms with Crippen LogP contribution in [0, 0.1) is 6.92 Å². The third-order valence-corrected chi connectivity index (χ3v) is 5.51. The number of aryl methyl sites for hydroxylation is 1. The second-order valence-electron chi connectivity index (χ2n) is 6.44. The van der Waals surface area contributed by atoms with Crippen LogP contribution in [-0.4, -0.2) is 30.8 Å². The van der Waals surface area contributed by atoms with Gasteiger partial charge >= 0.3 is 0 Å². The van der Waals surface area contributed by atoms with E-state index in [1.54, 1.807) is 12.1 Å². The molecular formula is C21H19N3O5S. The summed E-state index contributed by atoms with van der Waals surface area (Å²) in [5, 5.41) is 22.7. The minimum absolute atomic E-state index is 0.0909. The van der Waals surface area contributed by atoms with E-state index in [0.717, 1.165) is 11.6 Å². The SMILES string of the molecule is Cc1ccc(S(=O)(=O)Nc2ccc(C(=O)NN=Cc3ccc(O)cc3O)cc2)cc1. The van der Waals surface area contributed by atoms with E-state index in [1.165, 1.54) is 54.7 Å². The predicted octanol–water partition coefficient (Wildman–Crippen LogP) is 2.97. The van der Waals surface area contributed by atoms with Crippen LogP contribution in [0.25, 0.3) is 0 Å². The van der Waals surface area contributed by atoms with Gasteiger partial charge in [-0.2, -0.15) is 5.10 Å². The van der Waals surface area contributed by atoms with E-state index in [0.29, 0.717) is 11.3 Å². The lowest BCUT2D eigenvalue weighted by atomic mass is 10.2. The van der Waals surface area contributed by atoms with Gasteiger partial charge in [-0.25, -0.2) is 13.8 Å². The van der Waals surface area contributed by atoms with Gasteiger partial charge in [-0.15, -0.1) is 0 Å².